The van der Waals surface area contributed by atoms with E-state index in [4.69, 9.17) is 14.2 Å². The molecule has 0 aliphatic rings. The lowest BCUT2D eigenvalue weighted by atomic mass is 10.1. The van der Waals surface area contributed by atoms with Crippen molar-refractivity contribution in [2.45, 2.75) is 13.0 Å². The number of carbonyl (C=O) groups excluding carboxylic acids is 2. The molecular formula is C17H26N2O5. The lowest BCUT2D eigenvalue weighted by Crippen LogP contribution is -2.46. The van der Waals surface area contributed by atoms with Gasteiger partial charge in [0.2, 0.25) is 0 Å². The summed E-state index contributed by atoms with van der Waals surface area (Å²) in [4.78, 5) is 25.9. The molecule has 1 unspecified atom stereocenters. The monoisotopic (exact) mass is 338 g/mol. The predicted molar refractivity (Wildman–Crippen MR) is 89.9 cm³/mol. The fourth-order valence-corrected chi connectivity index (χ4v) is 2.10. The van der Waals surface area contributed by atoms with Crippen molar-refractivity contribution in [2.24, 2.45) is 0 Å². The van der Waals surface area contributed by atoms with Gasteiger partial charge >= 0.3 is 11.8 Å². The normalized spacial score (nSPS) is 11.7. The highest BCUT2D eigenvalue weighted by Crippen LogP contribution is 2.17. The van der Waals surface area contributed by atoms with E-state index < -0.39 is 11.8 Å². The quantitative estimate of drug-likeness (QED) is 0.680. The van der Waals surface area contributed by atoms with Gasteiger partial charge in [0.05, 0.1) is 26.4 Å². The van der Waals surface area contributed by atoms with E-state index in [1.165, 1.54) is 4.90 Å². The van der Waals surface area contributed by atoms with Gasteiger partial charge in [-0.25, -0.2) is 0 Å². The number of hydrogen-bond donors (Lipinski definition) is 1. The molecule has 0 spiro atoms. The first-order valence-electron chi connectivity index (χ1n) is 7.75. The average Bonchev–Trinajstić information content (AvgIpc) is 2.61. The highest BCUT2D eigenvalue weighted by atomic mass is 16.5. The molecule has 7 heteroatoms. The molecule has 0 radical (unpaired) electrons. The third kappa shape index (κ3) is 6.17. The van der Waals surface area contributed by atoms with Crippen molar-refractivity contribution in [3.05, 3.63) is 29.8 Å². The summed E-state index contributed by atoms with van der Waals surface area (Å²) in [5.41, 5.74) is 0.886. The van der Waals surface area contributed by atoms with Crippen molar-refractivity contribution in [2.75, 3.05) is 47.6 Å². The molecule has 134 valence electrons. The first-order valence-corrected chi connectivity index (χ1v) is 7.75. The van der Waals surface area contributed by atoms with Crippen molar-refractivity contribution in [1.29, 1.82) is 0 Å². The first-order chi connectivity index (χ1) is 11.5. The summed E-state index contributed by atoms with van der Waals surface area (Å²) in [6.45, 7) is 3.21. The van der Waals surface area contributed by atoms with Crippen LogP contribution in [-0.4, -0.2) is 64.3 Å². The van der Waals surface area contributed by atoms with Crippen LogP contribution in [0, 0.1) is 0 Å². The first kappa shape index (κ1) is 19.9. The number of ether oxygens (including phenoxy) is 3. The Labute approximate surface area is 142 Å². The van der Waals surface area contributed by atoms with Crippen LogP contribution in [-0.2, 0) is 19.1 Å². The molecule has 0 saturated carbocycles. The van der Waals surface area contributed by atoms with Crippen LogP contribution < -0.4 is 10.1 Å². The molecule has 2 amide bonds. The minimum atomic E-state index is -0.648. The number of hydrogen-bond acceptors (Lipinski definition) is 5. The van der Waals surface area contributed by atoms with Crippen molar-refractivity contribution in [3.8, 4) is 5.75 Å². The lowest BCUT2D eigenvalue weighted by molar-refractivity contribution is -0.147. The van der Waals surface area contributed by atoms with Crippen molar-refractivity contribution < 1.29 is 23.8 Å². The van der Waals surface area contributed by atoms with Gasteiger partial charge in [-0.1, -0.05) is 12.1 Å². The standard InChI is InChI=1S/C17H26N2O5/c1-13(14-5-7-15(24-4)8-6-14)18-16(20)17(21)19(9-11-22-2)10-12-23-3/h5-8,13H,9-12H2,1-4H3,(H,18,20). The SMILES string of the molecule is COCCN(CCOC)C(=O)C(=O)NC(C)c1ccc(OC)cc1. The molecule has 1 atom stereocenters. The summed E-state index contributed by atoms with van der Waals surface area (Å²) in [7, 11) is 4.68. The average molecular weight is 338 g/mol. The Morgan fingerprint density at radius 3 is 2.04 bits per heavy atom. The van der Waals surface area contributed by atoms with Gasteiger partial charge in [0, 0.05) is 27.3 Å². The van der Waals surface area contributed by atoms with E-state index >= 15 is 0 Å². The molecule has 0 fully saturated rings. The zero-order valence-corrected chi connectivity index (χ0v) is 14.7. The molecule has 1 rings (SSSR count). The van der Waals surface area contributed by atoms with Crippen LogP contribution in [0.5, 0.6) is 5.75 Å². The third-order valence-electron chi connectivity index (χ3n) is 3.58. The van der Waals surface area contributed by atoms with E-state index in [1.54, 1.807) is 21.3 Å². The maximum Gasteiger partial charge on any atom is 0.312 e. The molecule has 0 aliphatic heterocycles. The van der Waals surface area contributed by atoms with Gasteiger partial charge in [-0.2, -0.15) is 0 Å². The van der Waals surface area contributed by atoms with Crippen molar-refractivity contribution in [1.82, 2.24) is 10.2 Å². The molecule has 0 saturated heterocycles. The summed E-state index contributed by atoms with van der Waals surface area (Å²) in [5.74, 6) is -0.506. The largest absolute Gasteiger partial charge is 0.497 e. The molecule has 0 heterocycles. The summed E-state index contributed by atoms with van der Waals surface area (Å²) in [6, 6.07) is 7.02. The summed E-state index contributed by atoms with van der Waals surface area (Å²) < 4.78 is 15.1. The molecule has 0 aromatic heterocycles. The Morgan fingerprint density at radius 1 is 1.04 bits per heavy atom. The minimum Gasteiger partial charge on any atom is -0.497 e. The number of benzene rings is 1. The molecule has 1 aromatic carbocycles. The minimum absolute atomic E-state index is 0.293. The molecule has 24 heavy (non-hydrogen) atoms. The number of nitrogens with zero attached hydrogens (tertiary/aromatic N) is 1. The van der Waals surface area contributed by atoms with Crippen LogP contribution in [0.15, 0.2) is 24.3 Å². The topological polar surface area (TPSA) is 77.1 Å². The van der Waals surface area contributed by atoms with Crippen LogP contribution >= 0.6 is 0 Å². The van der Waals surface area contributed by atoms with E-state index in [1.807, 2.05) is 31.2 Å². The summed E-state index contributed by atoms with van der Waals surface area (Å²) in [5, 5.41) is 2.71. The Morgan fingerprint density at radius 2 is 1.58 bits per heavy atom. The summed E-state index contributed by atoms with van der Waals surface area (Å²) in [6.07, 6.45) is 0. The van der Waals surface area contributed by atoms with Crippen molar-refractivity contribution >= 4 is 11.8 Å². The van der Waals surface area contributed by atoms with Crippen LogP contribution in [0.4, 0.5) is 0 Å². The maximum absolute atomic E-state index is 12.3. The van der Waals surface area contributed by atoms with Crippen LogP contribution in [0.1, 0.15) is 18.5 Å². The smallest absolute Gasteiger partial charge is 0.312 e. The molecule has 0 aliphatic carbocycles. The van der Waals surface area contributed by atoms with Gasteiger partial charge in [0.15, 0.2) is 0 Å². The van der Waals surface area contributed by atoms with Gasteiger partial charge in [-0.05, 0) is 24.6 Å². The van der Waals surface area contributed by atoms with Gasteiger partial charge < -0.3 is 24.4 Å². The fourth-order valence-electron chi connectivity index (χ4n) is 2.10. The molecule has 0 bridgehead atoms. The number of nitrogens with one attached hydrogen (secondary N) is 1. The van der Waals surface area contributed by atoms with E-state index in [9.17, 15) is 9.59 Å². The molecule has 1 N–H and O–H groups in total. The van der Waals surface area contributed by atoms with Gasteiger partial charge in [0.1, 0.15) is 5.75 Å². The Kier molecular flexibility index (Phi) is 8.81. The van der Waals surface area contributed by atoms with Crippen LogP contribution in [0.25, 0.3) is 0 Å². The third-order valence-corrected chi connectivity index (χ3v) is 3.58. The highest BCUT2D eigenvalue weighted by molar-refractivity contribution is 6.35. The van der Waals surface area contributed by atoms with E-state index in [2.05, 4.69) is 5.32 Å². The predicted octanol–water partition coefficient (Wildman–Crippen LogP) is 0.994. The number of rotatable bonds is 9. The van der Waals surface area contributed by atoms with E-state index in [0.29, 0.717) is 26.3 Å². The molecule has 1 aromatic rings. The van der Waals surface area contributed by atoms with Gasteiger partial charge in [-0.15, -0.1) is 0 Å². The zero-order valence-electron chi connectivity index (χ0n) is 14.7. The Balaban J connectivity index is 2.65. The van der Waals surface area contributed by atoms with E-state index in [0.717, 1.165) is 11.3 Å². The highest BCUT2D eigenvalue weighted by Gasteiger charge is 2.23. The summed E-state index contributed by atoms with van der Waals surface area (Å²) >= 11 is 0. The van der Waals surface area contributed by atoms with Crippen molar-refractivity contribution in [3.63, 3.8) is 0 Å². The lowest BCUT2D eigenvalue weighted by Gasteiger charge is -2.22. The maximum atomic E-state index is 12.3. The van der Waals surface area contributed by atoms with Crippen LogP contribution in [0.2, 0.25) is 0 Å². The Hall–Kier alpha value is -2.12. The second kappa shape index (κ2) is 10.6. The van der Waals surface area contributed by atoms with Crippen LogP contribution in [0.3, 0.4) is 0 Å². The number of methoxy groups -OCH3 is 3. The number of amides is 2. The second-order valence-corrected chi connectivity index (χ2v) is 5.25. The van der Waals surface area contributed by atoms with E-state index in [-0.39, 0.29) is 6.04 Å². The Bertz CT molecular complexity index is 510. The van der Waals surface area contributed by atoms with Gasteiger partial charge in [-0.3, -0.25) is 9.59 Å². The second-order valence-electron chi connectivity index (χ2n) is 5.25. The zero-order chi connectivity index (χ0) is 17.9. The van der Waals surface area contributed by atoms with Gasteiger partial charge in [0.25, 0.3) is 0 Å². The molecular weight excluding hydrogens is 312 g/mol. The molecule has 7 nitrogen and oxygen atoms in total. The number of carbonyl (C=O) groups is 2. The fraction of sp³-hybridized carbons (Fsp3) is 0.529.